The zero-order chi connectivity index (χ0) is 13.4. The zero-order valence-electron chi connectivity index (χ0n) is 10.4. The molecule has 0 bridgehead atoms. The van der Waals surface area contributed by atoms with E-state index in [9.17, 15) is 9.59 Å². The topological polar surface area (TPSA) is 77.5 Å². The van der Waals surface area contributed by atoms with Crippen molar-refractivity contribution in [2.75, 3.05) is 19.0 Å². The molecule has 0 aliphatic heterocycles. The highest BCUT2D eigenvalue weighted by Gasteiger charge is 2.07. The van der Waals surface area contributed by atoms with E-state index in [0.29, 0.717) is 31.0 Å². The van der Waals surface area contributed by atoms with Crippen LogP contribution in [0.2, 0.25) is 0 Å². The number of amides is 1. The molecule has 0 fully saturated rings. The van der Waals surface area contributed by atoms with Crippen molar-refractivity contribution in [1.29, 1.82) is 0 Å². The number of nitrogens with zero attached hydrogens (tertiary/aromatic N) is 1. The summed E-state index contributed by atoms with van der Waals surface area (Å²) in [5.74, 6) is -0.227. The predicted octanol–water partition coefficient (Wildman–Crippen LogP) is 2.21. The van der Waals surface area contributed by atoms with Crippen molar-refractivity contribution in [3.8, 4) is 0 Å². The highest BCUT2D eigenvalue weighted by Crippen LogP contribution is 2.17. The van der Waals surface area contributed by atoms with Crippen molar-refractivity contribution in [2.24, 2.45) is 0 Å². The number of carbonyl (C=O) groups excluding carboxylic acids is 2. The fourth-order valence-electron chi connectivity index (χ4n) is 1.25. The van der Waals surface area contributed by atoms with Crippen LogP contribution in [-0.2, 0) is 20.7 Å². The van der Waals surface area contributed by atoms with Crippen molar-refractivity contribution in [3.05, 3.63) is 11.1 Å². The van der Waals surface area contributed by atoms with Gasteiger partial charge in [-0.3, -0.25) is 10.1 Å². The number of anilines is 1. The van der Waals surface area contributed by atoms with Crippen LogP contribution < -0.4 is 5.32 Å². The third-order valence-electron chi connectivity index (χ3n) is 2.08. The number of rotatable bonds is 6. The minimum atomic E-state index is -0.507. The summed E-state index contributed by atoms with van der Waals surface area (Å²) in [6.45, 7) is 2.06. The van der Waals surface area contributed by atoms with E-state index in [1.165, 1.54) is 18.4 Å². The summed E-state index contributed by atoms with van der Waals surface area (Å²) in [5.41, 5.74) is 0.843. The first-order valence-corrected chi connectivity index (χ1v) is 6.48. The van der Waals surface area contributed by atoms with Gasteiger partial charge in [0.25, 0.3) is 0 Å². The van der Waals surface area contributed by atoms with Crippen molar-refractivity contribution in [2.45, 2.75) is 26.2 Å². The first-order chi connectivity index (χ1) is 8.65. The van der Waals surface area contributed by atoms with E-state index in [0.717, 1.165) is 5.69 Å². The maximum Gasteiger partial charge on any atom is 0.413 e. The average Bonchev–Trinajstić information content (AvgIpc) is 2.76. The summed E-state index contributed by atoms with van der Waals surface area (Å²) in [6.07, 6.45) is 1.22. The molecule has 18 heavy (non-hydrogen) atoms. The first kappa shape index (κ1) is 14.4. The van der Waals surface area contributed by atoms with Crippen molar-refractivity contribution >= 4 is 28.5 Å². The van der Waals surface area contributed by atoms with Gasteiger partial charge in [0.05, 0.1) is 19.4 Å². The van der Waals surface area contributed by atoms with Gasteiger partial charge in [-0.1, -0.05) is 0 Å². The summed E-state index contributed by atoms with van der Waals surface area (Å²) in [6, 6.07) is 0. The molecule has 6 nitrogen and oxygen atoms in total. The lowest BCUT2D eigenvalue weighted by Gasteiger charge is -2.00. The Kier molecular flexibility index (Phi) is 6.13. The van der Waals surface area contributed by atoms with Crippen LogP contribution in [0, 0.1) is 0 Å². The van der Waals surface area contributed by atoms with E-state index in [1.807, 2.05) is 5.38 Å². The van der Waals surface area contributed by atoms with Crippen molar-refractivity contribution in [3.63, 3.8) is 0 Å². The third kappa shape index (κ3) is 5.13. The highest BCUT2D eigenvalue weighted by atomic mass is 32.1. The molecule has 0 aliphatic carbocycles. The smallest absolute Gasteiger partial charge is 0.413 e. The van der Waals surface area contributed by atoms with E-state index in [4.69, 9.17) is 4.74 Å². The van der Waals surface area contributed by atoms with E-state index in [2.05, 4.69) is 15.0 Å². The SMILES string of the molecule is CCOC(=O)Nc1nc(CCCC(=O)OC)cs1. The van der Waals surface area contributed by atoms with Gasteiger partial charge in [0.2, 0.25) is 0 Å². The number of ether oxygens (including phenoxy) is 2. The van der Waals surface area contributed by atoms with Gasteiger partial charge in [-0.2, -0.15) is 0 Å². The molecule has 0 saturated carbocycles. The Balaban J connectivity index is 2.34. The Morgan fingerprint density at radius 2 is 2.28 bits per heavy atom. The molecule has 0 aromatic carbocycles. The van der Waals surface area contributed by atoms with Gasteiger partial charge in [-0.15, -0.1) is 11.3 Å². The zero-order valence-corrected chi connectivity index (χ0v) is 11.2. The number of hydrogen-bond donors (Lipinski definition) is 1. The van der Waals surface area contributed by atoms with Gasteiger partial charge < -0.3 is 9.47 Å². The van der Waals surface area contributed by atoms with E-state index in [1.54, 1.807) is 6.92 Å². The van der Waals surface area contributed by atoms with Crippen LogP contribution in [0.1, 0.15) is 25.5 Å². The molecular formula is C11H16N2O4S. The van der Waals surface area contributed by atoms with Crippen LogP contribution in [-0.4, -0.2) is 30.8 Å². The van der Waals surface area contributed by atoms with E-state index in [-0.39, 0.29) is 5.97 Å². The molecule has 1 heterocycles. The molecule has 1 rings (SSSR count). The molecule has 0 atom stereocenters. The van der Waals surface area contributed by atoms with E-state index >= 15 is 0 Å². The molecule has 0 aliphatic rings. The lowest BCUT2D eigenvalue weighted by atomic mass is 10.2. The Hall–Kier alpha value is -1.63. The van der Waals surface area contributed by atoms with Crippen molar-refractivity contribution < 1.29 is 19.1 Å². The molecule has 1 aromatic heterocycles. The van der Waals surface area contributed by atoms with Gasteiger partial charge in [-0.05, 0) is 19.8 Å². The number of esters is 1. The number of hydrogen-bond acceptors (Lipinski definition) is 6. The minimum Gasteiger partial charge on any atom is -0.469 e. The predicted molar refractivity (Wildman–Crippen MR) is 67.7 cm³/mol. The number of methoxy groups -OCH3 is 1. The largest absolute Gasteiger partial charge is 0.469 e. The highest BCUT2D eigenvalue weighted by molar-refractivity contribution is 7.13. The number of thiazole rings is 1. The number of nitrogens with one attached hydrogen (secondary N) is 1. The van der Waals surface area contributed by atoms with Crippen LogP contribution in [0.15, 0.2) is 5.38 Å². The molecule has 7 heteroatoms. The summed E-state index contributed by atoms with van der Waals surface area (Å²) in [5, 5.41) is 4.88. The van der Waals surface area contributed by atoms with Crippen LogP contribution >= 0.6 is 11.3 Å². The number of carbonyl (C=O) groups is 2. The molecule has 0 saturated heterocycles. The summed E-state index contributed by atoms with van der Waals surface area (Å²) >= 11 is 1.33. The second kappa shape index (κ2) is 7.65. The van der Waals surface area contributed by atoms with Gasteiger partial charge >= 0.3 is 12.1 Å². The van der Waals surface area contributed by atoms with Crippen LogP contribution in [0.25, 0.3) is 0 Å². The lowest BCUT2D eigenvalue weighted by Crippen LogP contribution is -2.13. The number of aryl methyl sites for hydroxylation is 1. The van der Waals surface area contributed by atoms with Gasteiger partial charge in [0, 0.05) is 11.8 Å². The minimum absolute atomic E-state index is 0.227. The first-order valence-electron chi connectivity index (χ1n) is 5.60. The molecule has 1 aromatic rings. The van der Waals surface area contributed by atoms with Gasteiger partial charge in [0.1, 0.15) is 0 Å². The molecule has 100 valence electrons. The Morgan fingerprint density at radius 1 is 1.50 bits per heavy atom. The Morgan fingerprint density at radius 3 is 2.94 bits per heavy atom. The summed E-state index contributed by atoms with van der Waals surface area (Å²) < 4.78 is 9.28. The standard InChI is InChI=1S/C11H16N2O4S/c1-3-17-11(15)13-10-12-8(7-18-10)5-4-6-9(14)16-2/h7H,3-6H2,1-2H3,(H,12,13,15). The van der Waals surface area contributed by atoms with E-state index < -0.39 is 6.09 Å². The molecule has 0 unspecified atom stereocenters. The molecule has 0 radical (unpaired) electrons. The number of aromatic nitrogens is 1. The fourth-order valence-corrected chi connectivity index (χ4v) is 1.98. The van der Waals surface area contributed by atoms with Crippen LogP contribution in [0.4, 0.5) is 9.93 Å². The molecule has 1 N–H and O–H groups in total. The maximum atomic E-state index is 11.1. The second-order valence-corrected chi connectivity index (χ2v) is 4.28. The third-order valence-corrected chi connectivity index (χ3v) is 2.88. The average molecular weight is 272 g/mol. The fraction of sp³-hybridized carbons (Fsp3) is 0.545. The van der Waals surface area contributed by atoms with Gasteiger partial charge in [-0.25, -0.2) is 9.78 Å². The van der Waals surface area contributed by atoms with Crippen LogP contribution in [0.3, 0.4) is 0 Å². The quantitative estimate of drug-likeness (QED) is 0.803. The monoisotopic (exact) mass is 272 g/mol. The Bertz CT molecular complexity index is 406. The Labute approximate surface area is 109 Å². The summed E-state index contributed by atoms with van der Waals surface area (Å²) in [7, 11) is 1.37. The lowest BCUT2D eigenvalue weighted by molar-refractivity contribution is -0.140. The van der Waals surface area contributed by atoms with Crippen molar-refractivity contribution in [1.82, 2.24) is 4.98 Å². The molecular weight excluding hydrogens is 256 g/mol. The van der Waals surface area contributed by atoms with Crippen LogP contribution in [0.5, 0.6) is 0 Å². The molecule has 0 spiro atoms. The normalized spacial score (nSPS) is 9.89. The van der Waals surface area contributed by atoms with Gasteiger partial charge in [0.15, 0.2) is 5.13 Å². The molecule has 1 amide bonds. The maximum absolute atomic E-state index is 11.1. The second-order valence-electron chi connectivity index (χ2n) is 3.42. The summed E-state index contributed by atoms with van der Waals surface area (Å²) in [4.78, 5) is 26.3.